The number of ether oxygens (including phenoxy) is 1. The summed E-state index contributed by atoms with van der Waals surface area (Å²) in [6.45, 7) is 0.628. The second-order valence-electron chi connectivity index (χ2n) is 4.44. The van der Waals surface area contributed by atoms with Crippen molar-refractivity contribution < 1.29 is 14.6 Å². The number of likely N-dealkylation sites (N-methyl/N-ethyl adjacent to an activating group) is 1. The van der Waals surface area contributed by atoms with E-state index < -0.39 is 5.97 Å². The number of nitrogens with zero attached hydrogens (tertiary/aromatic N) is 1. The van der Waals surface area contributed by atoms with Crippen LogP contribution in [0.4, 0.5) is 0 Å². The lowest BCUT2D eigenvalue weighted by atomic mass is 9.94. The van der Waals surface area contributed by atoms with E-state index in [2.05, 4.69) is 0 Å². The first-order valence-electron chi connectivity index (χ1n) is 5.64. The van der Waals surface area contributed by atoms with Crippen molar-refractivity contribution in [3.8, 4) is 5.75 Å². The topological polar surface area (TPSA) is 49.8 Å². The summed E-state index contributed by atoms with van der Waals surface area (Å²) in [5.74, 6) is -0.303. The van der Waals surface area contributed by atoms with Crippen molar-refractivity contribution in [2.24, 2.45) is 0 Å². The third-order valence-corrected chi connectivity index (χ3v) is 2.87. The highest BCUT2D eigenvalue weighted by Crippen LogP contribution is 2.32. The smallest absolute Gasteiger partial charge is 0.304 e. The standard InChI is InChI=1S/C13H18ClNO3/c1-15(2)8-9(6-13(16)17)11-7-10(14)4-5-12(11)18-3/h4-5,7,9H,6,8H2,1-3H3,(H,16,17). The number of carboxylic acid groups (broad SMARTS) is 1. The quantitative estimate of drug-likeness (QED) is 0.864. The Balaban J connectivity index is 3.09. The first-order valence-corrected chi connectivity index (χ1v) is 6.01. The normalized spacial score (nSPS) is 12.5. The van der Waals surface area contributed by atoms with E-state index in [0.29, 0.717) is 17.3 Å². The molecule has 0 bridgehead atoms. The fraction of sp³-hybridized carbons (Fsp3) is 0.462. The van der Waals surface area contributed by atoms with E-state index in [1.54, 1.807) is 25.3 Å². The number of hydrogen-bond donors (Lipinski definition) is 1. The van der Waals surface area contributed by atoms with Gasteiger partial charge in [0.15, 0.2) is 0 Å². The Morgan fingerprint density at radius 2 is 2.17 bits per heavy atom. The highest BCUT2D eigenvalue weighted by molar-refractivity contribution is 6.30. The zero-order valence-electron chi connectivity index (χ0n) is 10.8. The van der Waals surface area contributed by atoms with E-state index in [9.17, 15) is 4.79 Å². The molecule has 1 unspecified atom stereocenters. The monoisotopic (exact) mass is 271 g/mol. The number of rotatable bonds is 6. The lowest BCUT2D eigenvalue weighted by Gasteiger charge is -2.22. The van der Waals surface area contributed by atoms with Crippen molar-refractivity contribution >= 4 is 17.6 Å². The van der Waals surface area contributed by atoms with Crippen LogP contribution in [0.3, 0.4) is 0 Å². The highest BCUT2D eigenvalue weighted by atomic mass is 35.5. The molecule has 1 atom stereocenters. The van der Waals surface area contributed by atoms with Crippen LogP contribution in [0.1, 0.15) is 17.9 Å². The van der Waals surface area contributed by atoms with Crippen molar-refractivity contribution in [2.75, 3.05) is 27.7 Å². The minimum atomic E-state index is -0.830. The van der Waals surface area contributed by atoms with Crippen LogP contribution in [0.15, 0.2) is 18.2 Å². The molecule has 1 aromatic rings. The van der Waals surface area contributed by atoms with Crippen LogP contribution < -0.4 is 4.74 Å². The molecule has 1 N–H and O–H groups in total. The van der Waals surface area contributed by atoms with E-state index in [0.717, 1.165) is 5.56 Å². The summed E-state index contributed by atoms with van der Waals surface area (Å²) in [5, 5.41) is 9.58. The molecule has 0 aromatic heterocycles. The molecular weight excluding hydrogens is 254 g/mol. The van der Waals surface area contributed by atoms with Crippen molar-refractivity contribution in [3.05, 3.63) is 28.8 Å². The molecule has 0 saturated carbocycles. The summed E-state index contributed by atoms with van der Waals surface area (Å²) in [6, 6.07) is 5.27. The number of aliphatic carboxylic acids is 1. The third kappa shape index (κ3) is 4.20. The van der Waals surface area contributed by atoms with Gasteiger partial charge in [0.05, 0.1) is 13.5 Å². The summed E-state index contributed by atoms with van der Waals surface area (Å²) in [4.78, 5) is 12.9. The molecule has 0 saturated heterocycles. The summed E-state index contributed by atoms with van der Waals surface area (Å²) in [6.07, 6.45) is 0.0505. The second kappa shape index (κ2) is 6.61. The Hall–Kier alpha value is -1.26. The van der Waals surface area contributed by atoms with Crippen molar-refractivity contribution in [1.29, 1.82) is 0 Å². The van der Waals surface area contributed by atoms with Gasteiger partial charge in [0.1, 0.15) is 5.75 Å². The number of hydrogen-bond acceptors (Lipinski definition) is 3. The molecule has 0 aliphatic rings. The van der Waals surface area contributed by atoms with Gasteiger partial charge >= 0.3 is 5.97 Å². The van der Waals surface area contributed by atoms with E-state index in [1.807, 2.05) is 19.0 Å². The molecule has 5 heteroatoms. The van der Waals surface area contributed by atoms with E-state index >= 15 is 0 Å². The Kier molecular flexibility index (Phi) is 5.44. The van der Waals surface area contributed by atoms with Gasteiger partial charge in [-0.25, -0.2) is 0 Å². The second-order valence-corrected chi connectivity index (χ2v) is 4.88. The van der Waals surface area contributed by atoms with Crippen LogP contribution in [-0.2, 0) is 4.79 Å². The number of halogens is 1. The summed E-state index contributed by atoms with van der Waals surface area (Å²) < 4.78 is 5.27. The lowest BCUT2D eigenvalue weighted by molar-refractivity contribution is -0.137. The SMILES string of the molecule is COc1ccc(Cl)cc1C(CC(=O)O)CN(C)C. The molecule has 1 rings (SSSR count). The number of benzene rings is 1. The molecule has 0 aliphatic carbocycles. The number of carboxylic acids is 1. The number of carbonyl (C=O) groups is 1. The zero-order chi connectivity index (χ0) is 13.7. The van der Waals surface area contributed by atoms with Crippen LogP contribution in [0.2, 0.25) is 5.02 Å². The molecule has 0 fully saturated rings. The van der Waals surface area contributed by atoms with Gasteiger partial charge in [0, 0.05) is 23.0 Å². The molecule has 0 radical (unpaired) electrons. The van der Waals surface area contributed by atoms with Gasteiger partial charge in [0.25, 0.3) is 0 Å². The Labute approximate surface area is 112 Å². The molecule has 4 nitrogen and oxygen atoms in total. The van der Waals surface area contributed by atoms with Gasteiger partial charge < -0.3 is 14.7 Å². The van der Waals surface area contributed by atoms with E-state index in [1.165, 1.54) is 0 Å². The van der Waals surface area contributed by atoms with Gasteiger partial charge in [-0.05, 0) is 32.3 Å². The predicted molar refractivity (Wildman–Crippen MR) is 71.6 cm³/mol. The van der Waals surface area contributed by atoms with Crippen LogP contribution in [-0.4, -0.2) is 43.7 Å². The van der Waals surface area contributed by atoms with Crippen LogP contribution in [0, 0.1) is 0 Å². The molecule has 18 heavy (non-hydrogen) atoms. The molecule has 0 aliphatic heterocycles. The van der Waals surface area contributed by atoms with Crippen molar-refractivity contribution in [1.82, 2.24) is 4.90 Å². The molecule has 0 spiro atoms. The molecule has 1 aromatic carbocycles. The molecular formula is C13H18ClNO3. The van der Waals surface area contributed by atoms with Crippen LogP contribution in [0.25, 0.3) is 0 Å². The maximum absolute atomic E-state index is 11.0. The average Bonchev–Trinajstić information content (AvgIpc) is 2.26. The minimum Gasteiger partial charge on any atom is -0.496 e. The van der Waals surface area contributed by atoms with E-state index in [4.69, 9.17) is 21.4 Å². The lowest BCUT2D eigenvalue weighted by Crippen LogP contribution is -2.22. The fourth-order valence-electron chi connectivity index (χ4n) is 1.95. The van der Waals surface area contributed by atoms with Crippen LogP contribution >= 0.6 is 11.6 Å². The summed E-state index contributed by atoms with van der Waals surface area (Å²) in [7, 11) is 5.39. The number of methoxy groups -OCH3 is 1. The van der Waals surface area contributed by atoms with Gasteiger partial charge in [0.2, 0.25) is 0 Å². The Morgan fingerprint density at radius 1 is 1.50 bits per heavy atom. The van der Waals surface area contributed by atoms with E-state index in [-0.39, 0.29) is 12.3 Å². The van der Waals surface area contributed by atoms with Gasteiger partial charge in [-0.2, -0.15) is 0 Å². The van der Waals surface area contributed by atoms with Gasteiger partial charge in [-0.1, -0.05) is 11.6 Å². The third-order valence-electron chi connectivity index (χ3n) is 2.64. The Bertz CT molecular complexity index is 421. The summed E-state index contributed by atoms with van der Waals surface area (Å²) >= 11 is 5.97. The fourth-order valence-corrected chi connectivity index (χ4v) is 2.13. The first kappa shape index (κ1) is 14.8. The van der Waals surface area contributed by atoms with Crippen LogP contribution in [0.5, 0.6) is 5.75 Å². The summed E-state index contributed by atoms with van der Waals surface area (Å²) in [5.41, 5.74) is 0.834. The largest absolute Gasteiger partial charge is 0.496 e. The van der Waals surface area contributed by atoms with Crippen molar-refractivity contribution in [2.45, 2.75) is 12.3 Å². The maximum Gasteiger partial charge on any atom is 0.304 e. The molecule has 0 amide bonds. The molecule has 100 valence electrons. The molecule has 0 heterocycles. The maximum atomic E-state index is 11.0. The van der Waals surface area contributed by atoms with Crippen molar-refractivity contribution in [3.63, 3.8) is 0 Å². The zero-order valence-corrected chi connectivity index (χ0v) is 11.6. The highest BCUT2D eigenvalue weighted by Gasteiger charge is 2.20. The Morgan fingerprint density at radius 3 is 2.67 bits per heavy atom. The predicted octanol–water partition coefficient (Wildman–Crippen LogP) is 2.47. The average molecular weight is 272 g/mol. The first-order chi connectivity index (χ1) is 8.43. The minimum absolute atomic E-state index is 0.0505. The van der Waals surface area contributed by atoms with Gasteiger partial charge in [-0.3, -0.25) is 4.79 Å². The van der Waals surface area contributed by atoms with Gasteiger partial charge in [-0.15, -0.1) is 0 Å².